The summed E-state index contributed by atoms with van der Waals surface area (Å²) in [5, 5.41) is 3.03. The summed E-state index contributed by atoms with van der Waals surface area (Å²) in [6.45, 7) is 6.92. The first-order valence-corrected chi connectivity index (χ1v) is 10.2. The van der Waals surface area contributed by atoms with Crippen LogP contribution < -0.4 is 5.32 Å². The molecule has 0 radical (unpaired) electrons. The Hall–Kier alpha value is -2.62. The van der Waals surface area contributed by atoms with E-state index in [0.717, 1.165) is 24.0 Å². The van der Waals surface area contributed by atoms with Crippen molar-refractivity contribution in [1.29, 1.82) is 0 Å². The van der Waals surface area contributed by atoms with Gasteiger partial charge in [-0.15, -0.1) is 0 Å². The van der Waals surface area contributed by atoms with Gasteiger partial charge in [0.25, 0.3) is 0 Å². The van der Waals surface area contributed by atoms with Gasteiger partial charge in [-0.25, -0.2) is 0 Å². The number of hydrogen-bond donors (Lipinski definition) is 1. The van der Waals surface area contributed by atoms with Crippen molar-refractivity contribution in [1.82, 2.24) is 10.2 Å². The van der Waals surface area contributed by atoms with Crippen LogP contribution in [0.15, 0.2) is 60.7 Å². The molecular formula is C24H32N2O2. The summed E-state index contributed by atoms with van der Waals surface area (Å²) in [7, 11) is 0. The minimum Gasteiger partial charge on any atom is -0.354 e. The Morgan fingerprint density at radius 1 is 0.929 bits per heavy atom. The van der Waals surface area contributed by atoms with Gasteiger partial charge in [-0.2, -0.15) is 0 Å². The maximum absolute atomic E-state index is 13.1. The molecule has 1 atom stereocenters. The number of rotatable bonds is 10. The van der Waals surface area contributed by atoms with E-state index in [1.807, 2.05) is 74.5 Å². The molecule has 2 amide bonds. The van der Waals surface area contributed by atoms with Gasteiger partial charge >= 0.3 is 0 Å². The summed E-state index contributed by atoms with van der Waals surface area (Å²) in [5.74, 6) is -0.261. The summed E-state index contributed by atoms with van der Waals surface area (Å²) in [6.07, 6.45) is 2.45. The molecule has 0 fully saturated rings. The van der Waals surface area contributed by atoms with Gasteiger partial charge in [0.2, 0.25) is 11.8 Å². The fourth-order valence-electron chi connectivity index (χ4n) is 3.14. The van der Waals surface area contributed by atoms with E-state index in [4.69, 9.17) is 0 Å². The van der Waals surface area contributed by atoms with Gasteiger partial charge in [0.15, 0.2) is 0 Å². The van der Waals surface area contributed by atoms with Crippen LogP contribution >= 0.6 is 0 Å². The highest BCUT2D eigenvalue weighted by atomic mass is 16.2. The molecule has 2 rings (SSSR count). The van der Waals surface area contributed by atoms with Crippen molar-refractivity contribution in [2.45, 2.75) is 52.6 Å². The molecule has 1 N–H and O–H groups in total. The zero-order chi connectivity index (χ0) is 20.4. The third-order valence-electron chi connectivity index (χ3n) is 4.75. The summed E-state index contributed by atoms with van der Waals surface area (Å²) in [5.41, 5.74) is 2.07. The second-order valence-electron chi connectivity index (χ2n) is 7.46. The number of nitrogens with zero attached hydrogens (tertiary/aromatic N) is 1. The van der Waals surface area contributed by atoms with Crippen molar-refractivity contribution in [3.8, 4) is 0 Å². The van der Waals surface area contributed by atoms with Crippen LogP contribution in [0.4, 0.5) is 0 Å². The Kier molecular flexibility index (Phi) is 8.73. The van der Waals surface area contributed by atoms with Crippen LogP contribution in [-0.2, 0) is 22.6 Å². The fourth-order valence-corrected chi connectivity index (χ4v) is 3.14. The van der Waals surface area contributed by atoms with Crippen LogP contribution in [-0.4, -0.2) is 29.3 Å². The topological polar surface area (TPSA) is 49.4 Å². The van der Waals surface area contributed by atoms with Gasteiger partial charge in [-0.3, -0.25) is 9.59 Å². The lowest BCUT2D eigenvalue weighted by Gasteiger charge is -2.32. The first-order valence-electron chi connectivity index (χ1n) is 10.2. The number of hydrogen-bond acceptors (Lipinski definition) is 2. The molecule has 4 nitrogen and oxygen atoms in total. The predicted octanol–water partition coefficient (Wildman–Crippen LogP) is 4.20. The minimum absolute atomic E-state index is 0.00424. The van der Waals surface area contributed by atoms with Crippen LogP contribution in [0, 0.1) is 5.92 Å². The lowest BCUT2D eigenvalue weighted by molar-refractivity contribution is -0.143. The highest BCUT2D eigenvalue weighted by Crippen LogP contribution is 2.17. The number of benzene rings is 2. The number of nitrogens with one attached hydrogen (secondary N) is 1. The average Bonchev–Trinajstić information content (AvgIpc) is 2.71. The quantitative estimate of drug-likeness (QED) is 0.628. The van der Waals surface area contributed by atoms with Crippen molar-refractivity contribution >= 4 is 11.8 Å². The fraction of sp³-hybridized carbons (Fsp3) is 0.417. The second-order valence-corrected chi connectivity index (χ2v) is 7.46. The van der Waals surface area contributed by atoms with Crippen molar-refractivity contribution in [2.75, 3.05) is 6.54 Å². The van der Waals surface area contributed by atoms with E-state index in [1.54, 1.807) is 4.90 Å². The van der Waals surface area contributed by atoms with Crippen molar-refractivity contribution in [3.63, 3.8) is 0 Å². The summed E-state index contributed by atoms with van der Waals surface area (Å²) in [6, 6.07) is 19.2. The van der Waals surface area contributed by atoms with Crippen LogP contribution in [0.3, 0.4) is 0 Å². The molecule has 2 aromatic rings. The zero-order valence-corrected chi connectivity index (χ0v) is 17.2. The lowest BCUT2D eigenvalue weighted by atomic mass is 10.0. The first kappa shape index (κ1) is 21.7. The van der Waals surface area contributed by atoms with E-state index in [1.165, 1.54) is 0 Å². The number of carbonyl (C=O) groups is 2. The Morgan fingerprint density at radius 2 is 1.50 bits per heavy atom. The van der Waals surface area contributed by atoms with E-state index < -0.39 is 6.04 Å². The summed E-state index contributed by atoms with van der Waals surface area (Å²) >= 11 is 0. The third kappa shape index (κ3) is 6.52. The highest BCUT2D eigenvalue weighted by Gasteiger charge is 2.31. The van der Waals surface area contributed by atoms with Gasteiger partial charge in [0.1, 0.15) is 6.04 Å². The van der Waals surface area contributed by atoms with Crippen LogP contribution in [0.5, 0.6) is 0 Å². The van der Waals surface area contributed by atoms with Gasteiger partial charge in [0, 0.05) is 25.4 Å². The van der Waals surface area contributed by atoms with Gasteiger partial charge in [0.05, 0.1) is 0 Å². The smallest absolute Gasteiger partial charge is 0.243 e. The molecule has 150 valence electrons. The average molecular weight is 381 g/mol. The monoisotopic (exact) mass is 380 g/mol. The minimum atomic E-state index is -0.533. The molecule has 28 heavy (non-hydrogen) atoms. The molecule has 4 heteroatoms. The Labute approximate surface area is 169 Å². The molecule has 0 aliphatic carbocycles. The third-order valence-corrected chi connectivity index (χ3v) is 4.75. The summed E-state index contributed by atoms with van der Waals surface area (Å²) in [4.78, 5) is 27.9. The Balaban J connectivity index is 2.31. The van der Waals surface area contributed by atoms with E-state index in [2.05, 4.69) is 12.2 Å². The standard InChI is InChI=1S/C24H32N2O2/c1-4-5-16-25-23(27)22(17-20-12-8-6-9-13-20)26(24(28)19(2)3)18-21-14-10-7-11-15-21/h6-15,19,22H,4-5,16-18H2,1-3H3,(H,25,27)/t22-/m0/s1. The van der Waals surface area contributed by atoms with E-state index in [0.29, 0.717) is 19.5 Å². The van der Waals surface area contributed by atoms with Crippen molar-refractivity contribution in [2.24, 2.45) is 5.92 Å². The van der Waals surface area contributed by atoms with Gasteiger partial charge < -0.3 is 10.2 Å². The maximum atomic E-state index is 13.1. The molecule has 0 heterocycles. The molecule has 0 saturated heterocycles. The van der Waals surface area contributed by atoms with Crippen molar-refractivity contribution < 1.29 is 9.59 Å². The van der Waals surface area contributed by atoms with E-state index >= 15 is 0 Å². The highest BCUT2D eigenvalue weighted by molar-refractivity contribution is 5.88. The lowest BCUT2D eigenvalue weighted by Crippen LogP contribution is -2.51. The largest absolute Gasteiger partial charge is 0.354 e. The summed E-state index contributed by atoms with van der Waals surface area (Å²) < 4.78 is 0. The molecule has 0 bridgehead atoms. The maximum Gasteiger partial charge on any atom is 0.243 e. The van der Waals surface area contributed by atoms with Crippen LogP contribution in [0.25, 0.3) is 0 Å². The number of amides is 2. The molecule has 0 unspecified atom stereocenters. The normalized spacial score (nSPS) is 11.9. The van der Waals surface area contributed by atoms with Gasteiger partial charge in [-0.05, 0) is 17.5 Å². The molecule has 0 aliphatic heterocycles. The molecule has 2 aromatic carbocycles. The van der Waals surface area contributed by atoms with Gasteiger partial charge in [-0.1, -0.05) is 87.9 Å². The molecule has 0 saturated carbocycles. The Bertz CT molecular complexity index is 729. The Morgan fingerprint density at radius 3 is 2.04 bits per heavy atom. The zero-order valence-electron chi connectivity index (χ0n) is 17.2. The van der Waals surface area contributed by atoms with Crippen molar-refractivity contribution in [3.05, 3.63) is 71.8 Å². The first-order chi connectivity index (χ1) is 13.5. The molecule has 0 spiro atoms. The predicted molar refractivity (Wildman–Crippen MR) is 114 cm³/mol. The SMILES string of the molecule is CCCCNC(=O)[C@H](Cc1ccccc1)N(Cc1ccccc1)C(=O)C(C)C. The molecule has 0 aliphatic rings. The molecular weight excluding hydrogens is 348 g/mol. The molecule has 0 aromatic heterocycles. The van der Waals surface area contributed by atoms with Crippen LogP contribution in [0.1, 0.15) is 44.7 Å². The van der Waals surface area contributed by atoms with E-state index in [9.17, 15) is 9.59 Å². The second kappa shape index (κ2) is 11.3. The van der Waals surface area contributed by atoms with Crippen LogP contribution in [0.2, 0.25) is 0 Å². The number of carbonyl (C=O) groups excluding carboxylic acids is 2. The number of unbranched alkanes of at least 4 members (excludes halogenated alkanes) is 1. The van der Waals surface area contributed by atoms with E-state index in [-0.39, 0.29) is 17.7 Å².